The molecule has 88 valence electrons. The molecule has 1 amide bonds. The van der Waals surface area contributed by atoms with Crippen molar-refractivity contribution in [2.75, 3.05) is 5.32 Å². The molecule has 0 radical (unpaired) electrons. The number of carbonyl (C=O) groups is 1. The Morgan fingerprint density at radius 3 is 2.59 bits per heavy atom. The first-order valence-electron chi connectivity index (χ1n) is 5.25. The van der Waals surface area contributed by atoms with Crippen LogP contribution >= 0.6 is 0 Å². The molecule has 1 aliphatic rings. The molecule has 1 aliphatic carbocycles. The van der Waals surface area contributed by atoms with E-state index >= 15 is 0 Å². The van der Waals surface area contributed by atoms with Gasteiger partial charge in [-0.3, -0.25) is 4.79 Å². The van der Waals surface area contributed by atoms with Crippen LogP contribution in [0.15, 0.2) is 18.2 Å². The van der Waals surface area contributed by atoms with Crippen molar-refractivity contribution in [3.63, 3.8) is 0 Å². The van der Waals surface area contributed by atoms with Crippen LogP contribution in [-0.2, 0) is 4.79 Å². The number of carbonyl (C=O) groups excluding carboxylic acids is 1. The van der Waals surface area contributed by atoms with Gasteiger partial charge in [-0.05, 0) is 31.4 Å². The Kier molecular flexibility index (Phi) is 2.80. The Bertz CT molecular complexity index is 504. The minimum atomic E-state index is -1.04. The van der Waals surface area contributed by atoms with Gasteiger partial charge in [0.2, 0.25) is 5.91 Å². The minimum absolute atomic E-state index is 0.0991. The fourth-order valence-electron chi connectivity index (χ4n) is 1.75. The summed E-state index contributed by atoms with van der Waals surface area (Å²) in [6, 6.07) is 4.85. The van der Waals surface area contributed by atoms with Crippen molar-refractivity contribution in [2.45, 2.75) is 19.3 Å². The van der Waals surface area contributed by atoms with Gasteiger partial charge < -0.3 is 5.32 Å². The van der Waals surface area contributed by atoms with E-state index in [1.807, 2.05) is 6.07 Å². The maximum Gasteiger partial charge on any atom is 0.244 e. The molecule has 0 atom stereocenters. The normalized spacial score (nSPS) is 16.8. The zero-order valence-electron chi connectivity index (χ0n) is 8.96. The molecule has 5 heteroatoms. The molecule has 1 aromatic rings. The van der Waals surface area contributed by atoms with Gasteiger partial charge in [-0.25, -0.2) is 8.78 Å². The number of halogens is 2. The lowest BCUT2D eigenvalue weighted by molar-refractivity contribution is -0.126. The van der Waals surface area contributed by atoms with Gasteiger partial charge in [-0.1, -0.05) is 0 Å². The summed E-state index contributed by atoms with van der Waals surface area (Å²) in [7, 11) is 0. The lowest BCUT2D eigenvalue weighted by Gasteiger charge is -2.33. The van der Waals surface area contributed by atoms with Crippen molar-refractivity contribution >= 4 is 11.6 Å². The van der Waals surface area contributed by atoms with Gasteiger partial charge in [0.25, 0.3) is 0 Å². The van der Waals surface area contributed by atoms with Crippen LogP contribution in [0.2, 0.25) is 0 Å². The molecule has 1 aromatic carbocycles. The monoisotopic (exact) mass is 236 g/mol. The number of anilines is 1. The Labute approximate surface area is 97.1 Å². The number of amides is 1. The summed E-state index contributed by atoms with van der Waals surface area (Å²) in [5.74, 6) is -2.07. The second-order valence-electron chi connectivity index (χ2n) is 4.13. The van der Waals surface area contributed by atoms with Gasteiger partial charge in [0, 0.05) is 6.07 Å². The number of hydrogen-bond acceptors (Lipinski definition) is 2. The lowest BCUT2D eigenvalue weighted by Crippen LogP contribution is -2.40. The van der Waals surface area contributed by atoms with Crippen molar-refractivity contribution in [1.82, 2.24) is 0 Å². The highest BCUT2D eigenvalue weighted by atomic mass is 19.1. The average Bonchev–Trinajstić information content (AvgIpc) is 2.21. The topological polar surface area (TPSA) is 52.9 Å². The molecule has 1 saturated carbocycles. The zero-order valence-corrected chi connectivity index (χ0v) is 8.96. The molecule has 0 heterocycles. The summed E-state index contributed by atoms with van der Waals surface area (Å²) in [5, 5.41) is 11.3. The molecule has 0 saturated heterocycles. The van der Waals surface area contributed by atoms with Crippen LogP contribution in [0, 0.1) is 28.4 Å². The quantitative estimate of drug-likeness (QED) is 0.858. The molecule has 0 spiro atoms. The average molecular weight is 236 g/mol. The summed E-state index contributed by atoms with van der Waals surface area (Å²) < 4.78 is 25.9. The Morgan fingerprint density at radius 1 is 1.41 bits per heavy atom. The van der Waals surface area contributed by atoms with Crippen molar-refractivity contribution in [1.29, 1.82) is 5.26 Å². The van der Waals surface area contributed by atoms with Gasteiger partial charge in [0.05, 0.1) is 11.8 Å². The molecular weight excluding hydrogens is 226 g/mol. The molecule has 0 unspecified atom stereocenters. The minimum Gasteiger partial charge on any atom is -0.322 e. The number of rotatable bonds is 2. The SMILES string of the molecule is N#CC1(C(=O)Nc2ccc(F)cc2F)CCC1. The van der Waals surface area contributed by atoms with Crippen LogP contribution in [0.4, 0.5) is 14.5 Å². The lowest BCUT2D eigenvalue weighted by atomic mass is 9.69. The van der Waals surface area contributed by atoms with E-state index in [1.54, 1.807) is 0 Å². The molecule has 1 N–H and O–H groups in total. The van der Waals surface area contributed by atoms with Crippen LogP contribution in [0.5, 0.6) is 0 Å². The third-order valence-electron chi connectivity index (χ3n) is 3.04. The molecule has 3 nitrogen and oxygen atoms in total. The number of nitrogens with zero attached hydrogens (tertiary/aromatic N) is 1. The van der Waals surface area contributed by atoms with Gasteiger partial charge >= 0.3 is 0 Å². The Balaban J connectivity index is 2.16. The standard InChI is InChI=1S/C12H10F2N2O/c13-8-2-3-10(9(14)6-8)16-11(17)12(7-15)4-1-5-12/h2-3,6H,1,4-5H2,(H,16,17). The van der Waals surface area contributed by atoms with Crippen LogP contribution < -0.4 is 5.32 Å². The van der Waals surface area contributed by atoms with E-state index < -0.39 is 23.0 Å². The van der Waals surface area contributed by atoms with Crippen LogP contribution in [-0.4, -0.2) is 5.91 Å². The number of nitrogens with one attached hydrogen (secondary N) is 1. The first kappa shape index (κ1) is 11.5. The maximum absolute atomic E-state index is 13.3. The Morgan fingerprint density at radius 2 is 2.12 bits per heavy atom. The van der Waals surface area contributed by atoms with E-state index in [0.717, 1.165) is 18.6 Å². The zero-order chi connectivity index (χ0) is 12.5. The second kappa shape index (κ2) is 4.13. The second-order valence-corrected chi connectivity index (χ2v) is 4.13. The molecule has 17 heavy (non-hydrogen) atoms. The van der Waals surface area contributed by atoms with Crippen LogP contribution in [0.3, 0.4) is 0 Å². The molecule has 0 aliphatic heterocycles. The first-order valence-corrected chi connectivity index (χ1v) is 5.25. The highest BCUT2D eigenvalue weighted by molar-refractivity contribution is 5.97. The Hall–Kier alpha value is -1.96. The third kappa shape index (κ3) is 1.98. The predicted octanol–water partition coefficient (Wildman–Crippen LogP) is 2.60. The molecular formula is C12H10F2N2O. The van der Waals surface area contributed by atoms with Gasteiger partial charge in [0.1, 0.15) is 17.0 Å². The van der Waals surface area contributed by atoms with Crippen LogP contribution in [0.25, 0.3) is 0 Å². The van der Waals surface area contributed by atoms with Crippen molar-refractivity contribution in [3.05, 3.63) is 29.8 Å². The van der Waals surface area contributed by atoms with E-state index in [4.69, 9.17) is 5.26 Å². The molecule has 1 fully saturated rings. The van der Waals surface area contributed by atoms with E-state index in [1.165, 1.54) is 0 Å². The van der Waals surface area contributed by atoms with Gasteiger partial charge in [-0.15, -0.1) is 0 Å². The smallest absolute Gasteiger partial charge is 0.244 e. The highest BCUT2D eigenvalue weighted by Crippen LogP contribution is 2.41. The summed E-state index contributed by atoms with van der Waals surface area (Å²) >= 11 is 0. The summed E-state index contributed by atoms with van der Waals surface area (Å²) in [5.41, 5.74) is -1.14. The predicted molar refractivity (Wildman–Crippen MR) is 56.9 cm³/mol. The first-order chi connectivity index (χ1) is 8.07. The molecule has 0 bridgehead atoms. The van der Waals surface area contributed by atoms with Gasteiger partial charge in [0.15, 0.2) is 0 Å². The van der Waals surface area contributed by atoms with Crippen molar-refractivity contribution < 1.29 is 13.6 Å². The van der Waals surface area contributed by atoms with Crippen molar-refractivity contribution in [3.8, 4) is 6.07 Å². The summed E-state index contributed by atoms with van der Waals surface area (Å²) in [4.78, 5) is 11.8. The third-order valence-corrected chi connectivity index (χ3v) is 3.04. The van der Waals surface area contributed by atoms with E-state index in [9.17, 15) is 13.6 Å². The van der Waals surface area contributed by atoms with Gasteiger partial charge in [-0.2, -0.15) is 5.26 Å². The maximum atomic E-state index is 13.3. The van der Waals surface area contributed by atoms with E-state index in [2.05, 4.69) is 5.32 Å². The highest BCUT2D eigenvalue weighted by Gasteiger charge is 2.44. The summed E-state index contributed by atoms with van der Waals surface area (Å²) in [6.45, 7) is 0. The molecule has 0 aromatic heterocycles. The fraction of sp³-hybridized carbons (Fsp3) is 0.333. The summed E-state index contributed by atoms with van der Waals surface area (Å²) in [6.07, 6.45) is 1.78. The number of benzene rings is 1. The number of nitriles is 1. The fourth-order valence-corrected chi connectivity index (χ4v) is 1.75. The van der Waals surface area contributed by atoms with E-state index in [-0.39, 0.29) is 5.69 Å². The van der Waals surface area contributed by atoms with Crippen LogP contribution in [0.1, 0.15) is 19.3 Å². The van der Waals surface area contributed by atoms with E-state index in [0.29, 0.717) is 18.9 Å². The largest absolute Gasteiger partial charge is 0.322 e. The molecule has 2 rings (SSSR count). The van der Waals surface area contributed by atoms with Crippen molar-refractivity contribution in [2.24, 2.45) is 5.41 Å². The number of hydrogen-bond donors (Lipinski definition) is 1.